The van der Waals surface area contributed by atoms with Crippen molar-refractivity contribution in [3.63, 3.8) is 0 Å². The summed E-state index contributed by atoms with van der Waals surface area (Å²) in [6.07, 6.45) is 1.98. The van der Waals surface area contributed by atoms with Gasteiger partial charge in [0, 0.05) is 26.1 Å². The lowest BCUT2D eigenvalue weighted by molar-refractivity contribution is -0.132. The van der Waals surface area contributed by atoms with Crippen LogP contribution in [0.2, 0.25) is 0 Å². The topological polar surface area (TPSA) is 79.0 Å². The maximum atomic E-state index is 12.7. The number of fused-ring (bicyclic) bond motifs is 1. The number of rotatable bonds is 7. The van der Waals surface area contributed by atoms with Crippen molar-refractivity contribution in [1.29, 1.82) is 0 Å². The van der Waals surface area contributed by atoms with Crippen molar-refractivity contribution in [2.45, 2.75) is 38.3 Å². The first-order valence-electron chi connectivity index (χ1n) is 10.6. The van der Waals surface area contributed by atoms with Crippen LogP contribution in [0.3, 0.4) is 0 Å². The molecule has 0 saturated carbocycles. The Morgan fingerprint density at radius 3 is 2.58 bits per heavy atom. The monoisotopic (exact) mass is 421 g/mol. The van der Waals surface area contributed by atoms with Gasteiger partial charge in [-0.1, -0.05) is 36.4 Å². The van der Waals surface area contributed by atoms with E-state index in [0.717, 1.165) is 17.7 Å². The van der Waals surface area contributed by atoms with E-state index in [1.54, 1.807) is 7.11 Å². The molecule has 2 aliphatic heterocycles. The molecule has 0 radical (unpaired) electrons. The zero-order valence-corrected chi connectivity index (χ0v) is 17.7. The van der Waals surface area contributed by atoms with Crippen LogP contribution >= 0.6 is 0 Å². The number of hydrogen-bond acceptors (Lipinski definition) is 4. The first kappa shape index (κ1) is 20.9. The van der Waals surface area contributed by atoms with Crippen molar-refractivity contribution in [2.24, 2.45) is 0 Å². The van der Waals surface area contributed by atoms with E-state index in [1.807, 2.05) is 41.3 Å². The highest BCUT2D eigenvalue weighted by atomic mass is 16.5. The average Bonchev–Trinajstić information content (AvgIpc) is 3.08. The Hall–Kier alpha value is -3.35. The molecular weight excluding hydrogens is 394 g/mol. The second-order valence-corrected chi connectivity index (χ2v) is 7.96. The van der Waals surface area contributed by atoms with Crippen molar-refractivity contribution in [3.8, 4) is 5.75 Å². The summed E-state index contributed by atoms with van der Waals surface area (Å²) < 4.78 is 5.14. The molecule has 0 spiro atoms. The standard InChI is InChI=1S/C24H27N3O4/c1-31-20-8-6-17(7-9-20)12-15-27-23(29)21(25-24(27)30)10-11-22(28)26-14-13-18-4-2-3-5-19(18)16-26/h2-9,21H,10-16H2,1H3,(H,25,30). The molecular formula is C24H27N3O4. The van der Waals surface area contributed by atoms with Gasteiger partial charge in [0.15, 0.2) is 0 Å². The lowest BCUT2D eigenvalue weighted by Gasteiger charge is -2.29. The molecule has 1 atom stereocenters. The van der Waals surface area contributed by atoms with Gasteiger partial charge in [0.25, 0.3) is 5.91 Å². The van der Waals surface area contributed by atoms with Gasteiger partial charge in [0.05, 0.1) is 7.11 Å². The smallest absolute Gasteiger partial charge is 0.324 e. The third-order valence-electron chi connectivity index (χ3n) is 6.02. The minimum absolute atomic E-state index is 0.0215. The van der Waals surface area contributed by atoms with E-state index < -0.39 is 6.04 Å². The van der Waals surface area contributed by atoms with E-state index in [-0.39, 0.29) is 24.3 Å². The van der Waals surface area contributed by atoms with Crippen molar-refractivity contribution in [1.82, 2.24) is 15.1 Å². The summed E-state index contributed by atoms with van der Waals surface area (Å²) in [7, 11) is 1.61. The van der Waals surface area contributed by atoms with Gasteiger partial charge in [-0.2, -0.15) is 0 Å². The molecule has 2 aromatic rings. The van der Waals surface area contributed by atoms with Crippen LogP contribution in [-0.4, -0.2) is 53.9 Å². The Bertz CT molecular complexity index is 973. The molecule has 0 aliphatic carbocycles. The lowest BCUT2D eigenvalue weighted by Crippen LogP contribution is -2.37. The number of hydrogen-bond donors (Lipinski definition) is 1. The van der Waals surface area contributed by atoms with E-state index in [9.17, 15) is 14.4 Å². The molecule has 1 N–H and O–H groups in total. The number of benzene rings is 2. The van der Waals surface area contributed by atoms with E-state index in [4.69, 9.17) is 4.74 Å². The number of nitrogens with zero attached hydrogens (tertiary/aromatic N) is 2. The number of carbonyl (C=O) groups is 3. The summed E-state index contributed by atoms with van der Waals surface area (Å²) in [5.41, 5.74) is 3.49. The van der Waals surface area contributed by atoms with Gasteiger partial charge < -0.3 is 15.0 Å². The Morgan fingerprint density at radius 1 is 1.10 bits per heavy atom. The third-order valence-corrected chi connectivity index (χ3v) is 6.02. The molecule has 2 aliphatic rings. The molecule has 31 heavy (non-hydrogen) atoms. The number of methoxy groups -OCH3 is 1. The van der Waals surface area contributed by atoms with Crippen molar-refractivity contribution >= 4 is 17.8 Å². The van der Waals surface area contributed by atoms with Gasteiger partial charge in [0.2, 0.25) is 5.91 Å². The minimum Gasteiger partial charge on any atom is -0.497 e. The number of ether oxygens (including phenoxy) is 1. The summed E-state index contributed by atoms with van der Waals surface area (Å²) in [6, 6.07) is 14.7. The zero-order chi connectivity index (χ0) is 21.8. The fraction of sp³-hybridized carbons (Fsp3) is 0.375. The second-order valence-electron chi connectivity index (χ2n) is 7.96. The Kier molecular flexibility index (Phi) is 6.21. The Balaban J connectivity index is 1.27. The molecule has 4 amide bonds. The summed E-state index contributed by atoms with van der Waals surface area (Å²) in [5.74, 6) is 0.532. The van der Waals surface area contributed by atoms with Gasteiger partial charge in [0.1, 0.15) is 11.8 Å². The highest BCUT2D eigenvalue weighted by Crippen LogP contribution is 2.20. The van der Waals surface area contributed by atoms with Crippen LogP contribution < -0.4 is 10.1 Å². The quantitative estimate of drug-likeness (QED) is 0.697. The molecule has 2 aromatic carbocycles. The van der Waals surface area contributed by atoms with E-state index in [1.165, 1.54) is 16.0 Å². The second kappa shape index (κ2) is 9.20. The molecule has 2 heterocycles. The molecule has 7 nitrogen and oxygen atoms in total. The minimum atomic E-state index is -0.635. The molecule has 0 aromatic heterocycles. The van der Waals surface area contributed by atoms with Crippen LogP contribution in [0, 0.1) is 0 Å². The van der Waals surface area contributed by atoms with Crippen LogP contribution in [0.25, 0.3) is 0 Å². The predicted molar refractivity (Wildman–Crippen MR) is 116 cm³/mol. The molecule has 1 saturated heterocycles. The van der Waals surface area contributed by atoms with Crippen molar-refractivity contribution < 1.29 is 19.1 Å². The SMILES string of the molecule is COc1ccc(CCN2C(=O)NC(CCC(=O)N3CCc4ccccc4C3)C2=O)cc1. The van der Waals surface area contributed by atoms with Crippen LogP contribution in [0.1, 0.15) is 29.5 Å². The lowest BCUT2D eigenvalue weighted by atomic mass is 9.99. The average molecular weight is 421 g/mol. The molecule has 4 rings (SSSR count). The highest BCUT2D eigenvalue weighted by Gasteiger charge is 2.37. The summed E-state index contributed by atoms with van der Waals surface area (Å²) in [4.78, 5) is 40.7. The van der Waals surface area contributed by atoms with Crippen LogP contribution in [0.15, 0.2) is 48.5 Å². The summed E-state index contributed by atoms with van der Waals surface area (Å²) in [5, 5.41) is 2.73. The molecule has 7 heteroatoms. The van der Waals surface area contributed by atoms with Crippen LogP contribution in [0.4, 0.5) is 4.79 Å². The normalized spacial score (nSPS) is 18.0. The maximum Gasteiger partial charge on any atom is 0.324 e. The highest BCUT2D eigenvalue weighted by molar-refractivity contribution is 6.04. The van der Waals surface area contributed by atoms with Gasteiger partial charge in [-0.3, -0.25) is 14.5 Å². The predicted octanol–water partition coefficient (Wildman–Crippen LogP) is 2.52. The number of imide groups is 1. The van der Waals surface area contributed by atoms with Crippen molar-refractivity contribution in [2.75, 3.05) is 20.2 Å². The van der Waals surface area contributed by atoms with Crippen molar-refractivity contribution in [3.05, 3.63) is 65.2 Å². The van der Waals surface area contributed by atoms with Gasteiger partial charge in [-0.25, -0.2) is 4.79 Å². The van der Waals surface area contributed by atoms with Gasteiger partial charge >= 0.3 is 6.03 Å². The molecule has 1 fully saturated rings. The van der Waals surface area contributed by atoms with E-state index >= 15 is 0 Å². The van der Waals surface area contributed by atoms with E-state index in [2.05, 4.69) is 17.4 Å². The number of amides is 4. The van der Waals surface area contributed by atoms with Crippen LogP contribution in [-0.2, 0) is 29.0 Å². The zero-order valence-electron chi connectivity index (χ0n) is 17.7. The Labute approximate surface area is 182 Å². The fourth-order valence-corrected chi connectivity index (χ4v) is 4.15. The first-order chi connectivity index (χ1) is 15.0. The largest absolute Gasteiger partial charge is 0.497 e. The molecule has 1 unspecified atom stereocenters. The number of carbonyl (C=O) groups excluding carboxylic acids is 3. The Morgan fingerprint density at radius 2 is 1.84 bits per heavy atom. The molecule has 0 bridgehead atoms. The number of urea groups is 1. The van der Waals surface area contributed by atoms with E-state index in [0.29, 0.717) is 32.5 Å². The van der Waals surface area contributed by atoms with Gasteiger partial charge in [-0.15, -0.1) is 0 Å². The van der Waals surface area contributed by atoms with Crippen LogP contribution in [0.5, 0.6) is 5.75 Å². The molecule has 162 valence electrons. The fourth-order valence-electron chi connectivity index (χ4n) is 4.15. The van der Waals surface area contributed by atoms with Gasteiger partial charge in [-0.05, 0) is 48.1 Å². The first-order valence-corrected chi connectivity index (χ1v) is 10.6. The summed E-state index contributed by atoms with van der Waals surface area (Å²) in [6.45, 7) is 1.60. The third kappa shape index (κ3) is 4.71. The maximum absolute atomic E-state index is 12.7. The summed E-state index contributed by atoms with van der Waals surface area (Å²) >= 11 is 0. The number of nitrogens with one attached hydrogen (secondary N) is 1.